The SMILES string of the molecule is Cc1cc(C(C)(C)C)c(Br)c(C)c1S(=O)(=O)[O-]. The minimum Gasteiger partial charge on any atom is -0.744 e. The number of benzene rings is 1. The zero-order chi connectivity index (χ0) is 13.6. The van der Waals surface area contributed by atoms with E-state index in [0.29, 0.717) is 15.6 Å². The third-order valence-electron chi connectivity index (χ3n) is 2.68. The summed E-state index contributed by atoms with van der Waals surface area (Å²) in [4.78, 5) is -0.114. The van der Waals surface area contributed by atoms with Gasteiger partial charge in [-0.15, -0.1) is 0 Å². The third-order valence-corrected chi connectivity index (χ3v) is 4.83. The summed E-state index contributed by atoms with van der Waals surface area (Å²) in [5, 5.41) is 0. The summed E-state index contributed by atoms with van der Waals surface area (Å²) in [5.41, 5.74) is 1.88. The molecule has 0 aliphatic heterocycles. The van der Waals surface area contributed by atoms with Crippen molar-refractivity contribution >= 4 is 26.0 Å². The first-order valence-electron chi connectivity index (χ1n) is 5.22. The molecule has 0 atom stereocenters. The smallest absolute Gasteiger partial charge is 0.124 e. The van der Waals surface area contributed by atoms with Gasteiger partial charge < -0.3 is 4.55 Å². The number of aryl methyl sites for hydroxylation is 1. The summed E-state index contributed by atoms with van der Waals surface area (Å²) in [6.07, 6.45) is 0. The summed E-state index contributed by atoms with van der Waals surface area (Å²) in [6.45, 7) is 9.42. The van der Waals surface area contributed by atoms with Crippen molar-refractivity contribution in [3.8, 4) is 0 Å². The zero-order valence-electron chi connectivity index (χ0n) is 10.6. The zero-order valence-corrected chi connectivity index (χ0v) is 13.0. The summed E-state index contributed by atoms with van der Waals surface area (Å²) in [7, 11) is -4.43. The Bertz CT molecular complexity index is 554. The summed E-state index contributed by atoms with van der Waals surface area (Å²) < 4.78 is 34.3. The van der Waals surface area contributed by atoms with Gasteiger partial charge in [0.05, 0.1) is 4.90 Å². The van der Waals surface area contributed by atoms with E-state index in [4.69, 9.17) is 0 Å². The van der Waals surface area contributed by atoms with Gasteiger partial charge in [-0.3, -0.25) is 0 Å². The molecule has 1 aromatic rings. The molecule has 0 fully saturated rings. The van der Waals surface area contributed by atoms with E-state index in [9.17, 15) is 13.0 Å². The van der Waals surface area contributed by atoms with Crippen LogP contribution < -0.4 is 0 Å². The van der Waals surface area contributed by atoms with Gasteiger partial charge in [0.2, 0.25) is 0 Å². The van der Waals surface area contributed by atoms with Crippen LogP contribution in [0.25, 0.3) is 0 Å². The molecule has 0 aromatic heterocycles. The molecule has 0 radical (unpaired) electrons. The highest BCUT2D eigenvalue weighted by atomic mass is 79.9. The fraction of sp³-hybridized carbons (Fsp3) is 0.500. The highest BCUT2D eigenvalue weighted by molar-refractivity contribution is 9.10. The van der Waals surface area contributed by atoms with E-state index in [1.165, 1.54) is 0 Å². The number of halogens is 1. The number of rotatable bonds is 1. The maximum Gasteiger partial charge on any atom is 0.124 e. The van der Waals surface area contributed by atoms with Gasteiger partial charge in [-0.2, -0.15) is 0 Å². The summed E-state index contributed by atoms with van der Waals surface area (Å²) >= 11 is 3.39. The van der Waals surface area contributed by atoms with Gasteiger partial charge in [-0.05, 0) is 36.0 Å². The Morgan fingerprint density at radius 1 is 1.24 bits per heavy atom. The molecule has 0 N–H and O–H groups in total. The maximum absolute atomic E-state index is 11.2. The molecule has 0 aliphatic carbocycles. The van der Waals surface area contributed by atoms with Crippen LogP contribution in [0.3, 0.4) is 0 Å². The van der Waals surface area contributed by atoms with E-state index < -0.39 is 10.1 Å². The molecule has 0 amide bonds. The Labute approximate surface area is 111 Å². The predicted molar refractivity (Wildman–Crippen MR) is 70.3 cm³/mol. The summed E-state index contributed by atoms with van der Waals surface area (Å²) in [5.74, 6) is 0. The van der Waals surface area contributed by atoms with Crippen molar-refractivity contribution in [3.05, 3.63) is 27.2 Å². The van der Waals surface area contributed by atoms with Gasteiger partial charge in [0.15, 0.2) is 0 Å². The fourth-order valence-corrected chi connectivity index (χ4v) is 3.84. The van der Waals surface area contributed by atoms with Crippen LogP contribution >= 0.6 is 15.9 Å². The number of hydrogen-bond donors (Lipinski definition) is 0. The predicted octanol–water partition coefficient (Wildman–Crippen LogP) is 3.27. The average molecular weight is 320 g/mol. The lowest BCUT2D eigenvalue weighted by atomic mass is 9.85. The second-order valence-corrected chi connectivity index (χ2v) is 7.32. The highest BCUT2D eigenvalue weighted by Gasteiger charge is 2.22. The highest BCUT2D eigenvalue weighted by Crippen LogP contribution is 2.36. The van der Waals surface area contributed by atoms with Crippen molar-refractivity contribution < 1.29 is 13.0 Å². The second-order valence-electron chi connectivity index (χ2n) is 5.21. The van der Waals surface area contributed by atoms with E-state index >= 15 is 0 Å². The molecule has 0 unspecified atom stereocenters. The fourth-order valence-electron chi connectivity index (χ4n) is 1.87. The van der Waals surface area contributed by atoms with Gasteiger partial charge in [0, 0.05) is 4.47 Å². The summed E-state index contributed by atoms with van der Waals surface area (Å²) in [6, 6.07) is 1.77. The standard InChI is InChI=1S/C12H17BrO3S/c1-7-6-9(12(3,4)5)10(13)8(2)11(7)17(14,15)16/h6H,1-5H3,(H,14,15,16)/p-1. The van der Waals surface area contributed by atoms with Gasteiger partial charge in [0.1, 0.15) is 10.1 Å². The Morgan fingerprint density at radius 2 is 1.71 bits per heavy atom. The molecule has 5 heteroatoms. The molecule has 0 bridgehead atoms. The Balaban J connectivity index is 3.72. The molecule has 1 rings (SSSR count). The van der Waals surface area contributed by atoms with Gasteiger partial charge >= 0.3 is 0 Å². The lowest BCUT2D eigenvalue weighted by Gasteiger charge is -2.25. The first kappa shape index (κ1) is 14.7. The van der Waals surface area contributed by atoms with Crippen molar-refractivity contribution in [2.75, 3.05) is 0 Å². The molecule has 96 valence electrons. The van der Waals surface area contributed by atoms with Gasteiger partial charge in [0.25, 0.3) is 0 Å². The Kier molecular flexibility index (Phi) is 3.77. The van der Waals surface area contributed by atoms with E-state index in [-0.39, 0.29) is 10.3 Å². The van der Waals surface area contributed by atoms with E-state index in [0.717, 1.165) is 5.56 Å². The van der Waals surface area contributed by atoms with Crippen LogP contribution in [0.5, 0.6) is 0 Å². The van der Waals surface area contributed by atoms with Crippen molar-refractivity contribution in [1.82, 2.24) is 0 Å². The van der Waals surface area contributed by atoms with Crippen LogP contribution in [0.2, 0.25) is 0 Å². The first-order valence-corrected chi connectivity index (χ1v) is 7.42. The van der Waals surface area contributed by atoms with Crippen LogP contribution in [0.15, 0.2) is 15.4 Å². The molecule has 0 spiro atoms. The Hall–Kier alpha value is -0.390. The van der Waals surface area contributed by atoms with Gasteiger partial charge in [-0.1, -0.05) is 42.8 Å². The van der Waals surface area contributed by atoms with Crippen molar-refractivity contribution in [2.45, 2.75) is 44.9 Å². The molecular weight excluding hydrogens is 304 g/mol. The molecule has 0 heterocycles. The van der Waals surface area contributed by atoms with Crippen LogP contribution in [0.4, 0.5) is 0 Å². The van der Waals surface area contributed by atoms with Crippen molar-refractivity contribution in [1.29, 1.82) is 0 Å². The normalized spacial score (nSPS) is 12.9. The minimum absolute atomic E-state index is 0.112. The van der Waals surface area contributed by atoms with Crippen LogP contribution in [0, 0.1) is 13.8 Å². The van der Waals surface area contributed by atoms with Crippen molar-refractivity contribution in [2.24, 2.45) is 0 Å². The van der Waals surface area contributed by atoms with Gasteiger partial charge in [-0.25, -0.2) is 8.42 Å². The number of hydrogen-bond acceptors (Lipinski definition) is 3. The van der Waals surface area contributed by atoms with Crippen molar-refractivity contribution in [3.63, 3.8) is 0 Å². The average Bonchev–Trinajstić information content (AvgIpc) is 2.07. The molecule has 17 heavy (non-hydrogen) atoms. The Morgan fingerprint density at radius 3 is 2.06 bits per heavy atom. The van der Waals surface area contributed by atoms with Crippen LogP contribution in [0.1, 0.15) is 37.5 Å². The van der Waals surface area contributed by atoms with E-state index in [2.05, 4.69) is 15.9 Å². The molecule has 0 saturated heterocycles. The maximum atomic E-state index is 11.2. The molecular formula is C12H16BrO3S-. The van der Waals surface area contributed by atoms with Crippen LogP contribution in [-0.4, -0.2) is 13.0 Å². The van der Waals surface area contributed by atoms with E-state index in [1.807, 2.05) is 20.8 Å². The largest absolute Gasteiger partial charge is 0.744 e. The second kappa shape index (κ2) is 4.37. The molecule has 0 aliphatic rings. The molecule has 0 saturated carbocycles. The minimum atomic E-state index is -4.43. The lowest BCUT2D eigenvalue weighted by molar-refractivity contribution is 0.461. The quantitative estimate of drug-likeness (QED) is 0.746. The lowest BCUT2D eigenvalue weighted by Crippen LogP contribution is -2.15. The molecule has 3 nitrogen and oxygen atoms in total. The monoisotopic (exact) mass is 319 g/mol. The molecule has 1 aromatic carbocycles. The first-order chi connectivity index (χ1) is 7.46. The van der Waals surface area contributed by atoms with Crippen LogP contribution in [-0.2, 0) is 15.5 Å². The van der Waals surface area contributed by atoms with E-state index in [1.54, 1.807) is 19.9 Å². The topological polar surface area (TPSA) is 57.2 Å². The third kappa shape index (κ3) is 2.89.